The Morgan fingerprint density at radius 2 is 1.76 bits per heavy atom. The van der Waals surface area contributed by atoms with Gasteiger partial charge in [0.1, 0.15) is 11.4 Å². The van der Waals surface area contributed by atoms with E-state index in [4.69, 9.17) is 10.7 Å². The Morgan fingerprint density at radius 1 is 0.974 bits per heavy atom. The number of fused-ring (bicyclic) bond motifs is 5. The third-order valence-electron chi connectivity index (χ3n) is 8.87. The fourth-order valence-corrected chi connectivity index (χ4v) is 6.67. The molecule has 9 nitrogen and oxygen atoms in total. The number of primary amides is 1. The van der Waals surface area contributed by atoms with E-state index in [1.807, 2.05) is 24.3 Å². The first kappa shape index (κ1) is 23.3. The molecule has 6 heterocycles. The highest BCUT2D eigenvalue weighted by molar-refractivity contribution is 6.00. The number of carbonyl (C=O) groups excluding carboxylic acids is 1. The molecule has 9 heteroatoms. The van der Waals surface area contributed by atoms with Gasteiger partial charge in [-0.3, -0.25) is 9.59 Å². The number of para-hydroxylation sites is 2. The lowest BCUT2D eigenvalue weighted by atomic mass is 9.83. The summed E-state index contributed by atoms with van der Waals surface area (Å²) < 4.78 is 0. The second-order valence-corrected chi connectivity index (χ2v) is 11.1. The van der Waals surface area contributed by atoms with Crippen LogP contribution in [0.25, 0.3) is 33.3 Å². The third-order valence-corrected chi connectivity index (χ3v) is 8.87. The minimum atomic E-state index is -0.214. The molecule has 2 aromatic carbocycles. The van der Waals surface area contributed by atoms with Gasteiger partial charge in [0.15, 0.2) is 0 Å². The van der Waals surface area contributed by atoms with Crippen molar-refractivity contribution in [3.63, 3.8) is 0 Å². The van der Waals surface area contributed by atoms with Crippen LogP contribution in [0, 0.1) is 11.8 Å². The molecule has 0 unspecified atom stereocenters. The molecule has 4 aliphatic heterocycles. The number of nitrogens with one attached hydrogen (secondary N) is 3. The van der Waals surface area contributed by atoms with E-state index < -0.39 is 0 Å². The van der Waals surface area contributed by atoms with E-state index in [9.17, 15) is 9.59 Å². The van der Waals surface area contributed by atoms with Gasteiger partial charge in [0.05, 0.1) is 22.2 Å². The number of anilines is 2. The van der Waals surface area contributed by atoms with Gasteiger partial charge in [0.25, 0.3) is 5.56 Å². The fourth-order valence-electron chi connectivity index (χ4n) is 6.67. The van der Waals surface area contributed by atoms with Crippen LogP contribution in [0.15, 0.2) is 47.3 Å². The van der Waals surface area contributed by atoms with Crippen LogP contribution in [0.3, 0.4) is 0 Å². The number of nitrogens with two attached hydrogens (primary N) is 1. The summed E-state index contributed by atoms with van der Waals surface area (Å²) in [5.74, 6) is 0.906. The molecule has 0 saturated carbocycles. The van der Waals surface area contributed by atoms with Gasteiger partial charge in [-0.05, 0) is 75.0 Å². The van der Waals surface area contributed by atoms with Crippen LogP contribution >= 0.6 is 0 Å². The van der Waals surface area contributed by atoms with Crippen LogP contribution in [-0.2, 0) is 4.79 Å². The second kappa shape index (κ2) is 9.16. The molecule has 38 heavy (non-hydrogen) atoms. The van der Waals surface area contributed by atoms with E-state index in [1.54, 1.807) is 0 Å². The Balaban J connectivity index is 1.32. The zero-order valence-corrected chi connectivity index (χ0v) is 21.4. The highest BCUT2D eigenvalue weighted by Crippen LogP contribution is 2.37. The second-order valence-electron chi connectivity index (χ2n) is 11.1. The number of piperidine rings is 4. The maximum Gasteiger partial charge on any atom is 0.261 e. The van der Waals surface area contributed by atoms with E-state index in [2.05, 4.69) is 43.3 Å². The van der Waals surface area contributed by atoms with Crippen LogP contribution in [0.5, 0.6) is 0 Å². The quantitative estimate of drug-likeness (QED) is 0.326. The SMILES string of the molecule is NC(=O)C1CCN(c2ccc3c(N[C@H]4CN5CCC4CC5)c(-c4nc5ccccc5[nH]4)c(=O)[nH]c3c2)CC1. The van der Waals surface area contributed by atoms with E-state index >= 15 is 0 Å². The number of amides is 1. The molecule has 4 aromatic rings. The lowest BCUT2D eigenvalue weighted by Gasteiger charge is -2.45. The van der Waals surface area contributed by atoms with Gasteiger partial charge in [-0.25, -0.2) is 4.98 Å². The summed E-state index contributed by atoms with van der Waals surface area (Å²) in [6.45, 7) is 4.85. The molecule has 1 atom stereocenters. The van der Waals surface area contributed by atoms with Crippen molar-refractivity contribution in [3.05, 3.63) is 52.8 Å². The molecular formula is C29H33N7O2. The number of aromatic nitrogens is 3. The Morgan fingerprint density at radius 3 is 2.47 bits per heavy atom. The zero-order valence-electron chi connectivity index (χ0n) is 21.4. The first-order valence-electron chi connectivity index (χ1n) is 13.7. The summed E-state index contributed by atoms with van der Waals surface area (Å²) in [5, 5.41) is 4.82. The zero-order chi connectivity index (χ0) is 25.8. The number of hydrogen-bond acceptors (Lipinski definition) is 6. The average Bonchev–Trinajstić information content (AvgIpc) is 3.37. The van der Waals surface area contributed by atoms with Crippen molar-refractivity contribution in [2.24, 2.45) is 17.6 Å². The maximum atomic E-state index is 13.7. The maximum absolute atomic E-state index is 13.7. The summed E-state index contributed by atoms with van der Waals surface area (Å²) in [4.78, 5) is 41.4. The smallest absolute Gasteiger partial charge is 0.261 e. The Hall–Kier alpha value is -3.85. The molecule has 2 bridgehead atoms. The first-order chi connectivity index (χ1) is 18.5. The summed E-state index contributed by atoms with van der Waals surface area (Å²) in [5.41, 5.74) is 10.4. The van der Waals surface area contributed by atoms with E-state index in [-0.39, 0.29) is 23.4 Å². The number of hydrogen-bond donors (Lipinski definition) is 4. The van der Waals surface area contributed by atoms with Crippen LogP contribution < -0.4 is 21.5 Å². The Labute approximate surface area is 220 Å². The lowest BCUT2D eigenvalue weighted by molar-refractivity contribution is -0.122. The van der Waals surface area contributed by atoms with E-state index in [0.29, 0.717) is 17.3 Å². The third kappa shape index (κ3) is 4.01. The number of imidazole rings is 1. The molecular weight excluding hydrogens is 478 g/mol. The van der Waals surface area contributed by atoms with E-state index in [0.717, 1.165) is 78.9 Å². The van der Waals surface area contributed by atoms with Crippen molar-refractivity contribution in [2.75, 3.05) is 42.9 Å². The van der Waals surface area contributed by atoms with Gasteiger partial charge >= 0.3 is 0 Å². The van der Waals surface area contributed by atoms with Crippen molar-refractivity contribution in [3.8, 4) is 11.4 Å². The molecule has 4 saturated heterocycles. The van der Waals surface area contributed by atoms with Crippen molar-refractivity contribution in [2.45, 2.75) is 31.7 Å². The lowest BCUT2D eigenvalue weighted by Crippen LogP contribution is -2.53. The standard InChI is InChI=1S/C29H33N7O2/c30-27(37)18-9-13-36(14-10-18)19-5-6-20-23(15-19)34-29(38)25(28-32-21-3-1-2-4-22(21)33-28)26(20)31-24-16-35-11-7-17(24)8-12-35/h1-6,15,17-18,24H,7-14,16H2,(H2,30,37)(H,32,33)(H2,31,34,38)/t24-/m0/s1. The molecule has 0 aliphatic carbocycles. The fraction of sp³-hybridized carbons (Fsp3) is 0.414. The topological polar surface area (TPSA) is 123 Å². The van der Waals surface area contributed by atoms with Crippen molar-refractivity contribution in [1.82, 2.24) is 19.9 Å². The van der Waals surface area contributed by atoms with Crippen LogP contribution in [0.1, 0.15) is 25.7 Å². The molecule has 1 amide bonds. The van der Waals surface area contributed by atoms with Crippen LogP contribution in [0.2, 0.25) is 0 Å². The van der Waals surface area contributed by atoms with Crippen molar-refractivity contribution >= 4 is 39.2 Å². The van der Waals surface area contributed by atoms with Crippen LogP contribution in [0.4, 0.5) is 11.4 Å². The van der Waals surface area contributed by atoms with Gasteiger partial charge in [0, 0.05) is 42.7 Å². The van der Waals surface area contributed by atoms with E-state index in [1.165, 1.54) is 12.8 Å². The van der Waals surface area contributed by atoms with Crippen LogP contribution in [-0.4, -0.2) is 64.5 Å². The molecule has 4 aliphatic rings. The van der Waals surface area contributed by atoms with Gasteiger partial charge < -0.3 is 30.8 Å². The van der Waals surface area contributed by atoms with Gasteiger partial charge in [-0.2, -0.15) is 0 Å². The molecule has 5 N–H and O–H groups in total. The molecule has 0 spiro atoms. The minimum Gasteiger partial charge on any atom is -0.379 e. The van der Waals surface area contributed by atoms with Crippen molar-refractivity contribution < 1.29 is 4.79 Å². The van der Waals surface area contributed by atoms with Gasteiger partial charge in [0.2, 0.25) is 5.91 Å². The summed E-state index contributed by atoms with van der Waals surface area (Å²) in [7, 11) is 0. The minimum absolute atomic E-state index is 0.0600. The highest BCUT2D eigenvalue weighted by atomic mass is 16.1. The number of carbonyl (C=O) groups is 1. The monoisotopic (exact) mass is 511 g/mol. The number of aromatic amines is 2. The number of rotatable bonds is 5. The highest BCUT2D eigenvalue weighted by Gasteiger charge is 2.35. The molecule has 2 aromatic heterocycles. The Bertz CT molecular complexity index is 1540. The number of pyridine rings is 1. The summed E-state index contributed by atoms with van der Waals surface area (Å²) in [6, 6.07) is 14.4. The largest absolute Gasteiger partial charge is 0.379 e. The van der Waals surface area contributed by atoms with Gasteiger partial charge in [-0.15, -0.1) is 0 Å². The summed E-state index contributed by atoms with van der Waals surface area (Å²) >= 11 is 0. The molecule has 196 valence electrons. The number of nitrogens with zero attached hydrogens (tertiary/aromatic N) is 3. The van der Waals surface area contributed by atoms with Gasteiger partial charge in [-0.1, -0.05) is 12.1 Å². The first-order valence-corrected chi connectivity index (χ1v) is 13.7. The molecule has 8 rings (SSSR count). The molecule has 0 radical (unpaired) electrons. The normalized spacial score (nSPS) is 23.8. The number of H-pyrrole nitrogens is 2. The average molecular weight is 512 g/mol. The summed E-state index contributed by atoms with van der Waals surface area (Å²) in [6.07, 6.45) is 3.87. The Kier molecular flexibility index (Phi) is 5.61. The predicted octanol–water partition coefficient (Wildman–Crippen LogP) is 3.28. The molecule has 4 fully saturated rings. The predicted molar refractivity (Wildman–Crippen MR) is 150 cm³/mol. The number of benzene rings is 2. The van der Waals surface area contributed by atoms with Crippen molar-refractivity contribution in [1.29, 1.82) is 0 Å².